The molecule has 0 aromatic heterocycles. The first-order chi connectivity index (χ1) is 9.24. The molecule has 0 unspecified atom stereocenters. The van der Waals surface area contributed by atoms with Crippen molar-refractivity contribution in [3.8, 4) is 5.75 Å². The fraction of sp³-hybridized carbons (Fsp3) is 0.500. The highest BCUT2D eigenvalue weighted by Crippen LogP contribution is 2.15. The summed E-state index contributed by atoms with van der Waals surface area (Å²) in [5, 5.41) is 5.44. The van der Waals surface area contributed by atoms with Gasteiger partial charge in [-0.15, -0.1) is 0 Å². The van der Waals surface area contributed by atoms with Crippen molar-refractivity contribution in [3.63, 3.8) is 0 Å². The van der Waals surface area contributed by atoms with Crippen molar-refractivity contribution >= 4 is 6.03 Å². The lowest BCUT2D eigenvalue weighted by atomic mass is 10.2. The molecule has 0 aliphatic carbocycles. The molecule has 0 saturated heterocycles. The number of methoxy groups -OCH3 is 1. The molecule has 0 fully saturated rings. The van der Waals surface area contributed by atoms with Gasteiger partial charge in [0.15, 0.2) is 0 Å². The van der Waals surface area contributed by atoms with Crippen LogP contribution in [0.25, 0.3) is 0 Å². The van der Waals surface area contributed by atoms with Crippen LogP contribution in [-0.2, 0) is 4.74 Å². The average molecular weight is 266 g/mol. The van der Waals surface area contributed by atoms with Gasteiger partial charge in [-0.05, 0) is 25.0 Å². The molecule has 0 atom stereocenters. The normalized spacial score (nSPS) is 10.0. The maximum atomic E-state index is 11.3. The van der Waals surface area contributed by atoms with Crippen LogP contribution in [0.5, 0.6) is 5.75 Å². The molecule has 1 aromatic rings. The van der Waals surface area contributed by atoms with Crippen molar-refractivity contribution in [3.05, 3.63) is 29.8 Å². The predicted molar refractivity (Wildman–Crippen MR) is 74.6 cm³/mol. The fourth-order valence-electron chi connectivity index (χ4n) is 1.50. The molecule has 2 amide bonds. The number of para-hydroxylation sites is 1. The Morgan fingerprint density at radius 1 is 1.16 bits per heavy atom. The van der Waals surface area contributed by atoms with Crippen molar-refractivity contribution in [2.45, 2.75) is 13.3 Å². The quantitative estimate of drug-likeness (QED) is 0.704. The number of benzene rings is 1. The van der Waals surface area contributed by atoms with Gasteiger partial charge in [0.05, 0.1) is 13.2 Å². The van der Waals surface area contributed by atoms with Gasteiger partial charge in [0.1, 0.15) is 5.75 Å². The number of hydrogen-bond acceptors (Lipinski definition) is 3. The Hall–Kier alpha value is -1.75. The first-order valence-electron chi connectivity index (χ1n) is 6.43. The first-order valence-corrected chi connectivity index (χ1v) is 6.43. The molecule has 0 aliphatic rings. The molecule has 0 saturated carbocycles. The Labute approximate surface area is 114 Å². The zero-order chi connectivity index (χ0) is 13.9. The van der Waals surface area contributed by atoms with Gasteiger partial charge in [-0.25, -0.2) is 4.79 Å². The highest BCUT2D eigenvalue weighted by Gasteiger charge is 1.99. The highest BCUT2D eigenvalue weighted by molar-refractivity contribution is 5.73. The summed E-state index contributed by atoms with van der Waals surface area (Å²) in [5.41, 5.74) is 1.12. The third-order valence-electron chi connectivity index (χ3n) is 2.55. The van der Waals surface area contributed by atoms with E-state index in [1.54, 1.807) is 7.11 Å². The summed E-state index contributed by atoms with van der Waals surface area (Å²) in [7, 11) is 1.60. The van der Waals surface area contributed by atoms with Crippen LogP contribution in [0.1, 0.15) is 12.0 Å². The molecular weight excluding hydrogens is 244 g/mol. The van der Waals surface area contributed by atoms with Gasteiger partial charge >= 0.3 is 6.03 Å². The summed E-state index contributed by atoms with van der Waals surface area (Å²) in [4.78, 5) is 11.3. The van der Waals surface area contributed by atoms with Gasteiger partial charge in [0, 0.05) is 20.2 Å². The van der Waals surface area contributed by atoms with E-state index in [9.17, 15) is 4.79 Å². The summed E-state index contributed by atoms with van der Waals surface area (Å²) in [6.07, 6.45) is 0.770. The molecule has 0 spiro atoms. The Morgan fingerprint density at radius 3 is 2.63 bits per heavy atom. The number of rotatable bonds is 8. The molecule has 106 valence electrons. The van der Waals surface area contributed by atoms with Crippen LogP contribution in [0.2, 0.25) is 0 Å². The average Bonchev–Trinajstić information content (AvgIpc) is 2.41. The second-order valence-electron chi connectivity index (χ2n) is 4.14. The summed E-state index contributed by atoms with van der Waals surface area (Å²) in [6.45, 7) is 4.22. The molecule has 0 bridgehead atoms. The van der Waals surface area contributed by atoms with Gasteiger partial charge < -0.3 is 20.1 Å². The van der Waals surface area contributed by atoms with E-state index in [0.717, 1.165) is 17.7 Å². The van der Waals surface area contributed by atoms with Gasteiger partial charge in [0.25, 0.3) is 0 Å². The topological polar surface area (TPSA) is 59.6 Å². The summed E-state index contributed by atoms with van der Waals surface area (Å²) >= 11 is 0. The molecule has 0 radical (unpaired) electrons. The lowest BCUT2D eigenvalue weighted by molar-refractivity contribution is 0.195. The number of hydrogen-bond donors (Lipinski definition) is 2. The Balaban J connectivity index is 2.05. The van der Waals surface area contributed by atoms with Crippen LogP contribution in [0.4, 0.5) is 4.79 Å². The molecule has 1 aromatic carbocycles. The fourth-order valence-corrected chi connectivity index (χ4v) is 1.50. The Kier molecular flexibility index (Phi) is 7.43. The number of carbonyl (C=O) groups is 1. The van der Waals surface area contributed by atoms with Crippen LogP contribution in [0.3, 0.4) is 0 Å². The van der Waals surface area contributed by atoms with E-state index in [1.807, 2.05) is 31.2 Å². The number of ether oxygens (including phenoxy) is 2. The maximum Gasteiger partial charge on any atom is 0.314 e. The lowest BCUT2D eigenvalue weighted by Crippen LogP contribution is -2.38. The van der Waals surface area contributed by atoms with Crippen molar-refractivity contribution in [2.75, 3.05) is 33.4 Å². The van der Waals surface area contributed by atoms with Gasteiger partial charge in [-0.2, -0.15) is 0 Å². The van der Waals surface area contributed by atoms with Gasteiger partial charge in [-0.3, -0.25) is 0 Å². The van der Waals surface area contributed by atoms with E-state index < -0.39 is 0 Å². The van der Waals surface area contributed by atoms with Gasteiger partial charge in [0.2, 0.25) is 0 Å². The molecule has 5 heteroatoms. The van der Waals surface area contributed by atoms with E-state index in [2.05, 4.69) is 10.6 Å². The third-order valence-corrected chi connectivity index (χ3v) is 2.55. The standard InChI is InChI=1S/C14H22N2O3/c1-12-6-3-4-7-13(12)19-10-5-8-15-14(17)16-9-11-18-2/h3-4,6-7H,5,8-11H2,1-2H3,(H2,15,16,17). The molecule has 0 aliphatic heterocycles. The van der Waals surface area contributed by atoms with Crippen LogP contribution in [0, 0.1) is 6.92 Å². The molecule has 1 rings (SSSR count). The van der Waals surface area contributed by atoms with Crippen molar-refractivity contribution in [1.82, 2.24) is 10.6 Å². The summed E-state index contributed by atoms with van der Waals surface area (Å²) in [5.74, 6) is 0.895. The number of aryl methyl sites for hydroxylation is 1. The molecule has 0 heterocycles. The zero-order valence-electron chi connectivity index (χ0n) is 11.6. The van der Waals surface area contributed by atoms with Crippen molar-refractivity contribution in [2.24, 2.45) is 0 Å². The van der Waals surface area contributed by atoms with Crippen molar-refractivity contribution in [1.29, 1.82) is 0 Å². The van der Waals surface area contributed by atoms with Crippen LogP contribution < -0.4 is 15.4 Å². The highest BCUT2D eigenvalue weighted by atomic mass is 16.5. The monoisotopic (exact) mass is 266 g/mol. The smallest absolute Gasteiger partial charge is 0.314 e. The van der Waals surface area contributed by atoms with Crippen LogP contribution in [-0.4, -0.2) is 39.4 Å². The molecule has 5 nitrogen and oxygen atoms in total. The van der Waals surface area contributed by atoms with E-state index in [-0.39, 0.29) is 6.03 Å². The number of carbonyl (C=O) groups excluding carboxylic acids is 1. The second kappa shape index (κ2) is 9.22. The minimum absolute atomic E-state index is 0.173. The lowest BCUT2D eigenvalue weighted by Gasteiger charge is -2.09. The number of amides is 2. The SMILES string of the molecule is COCCNC(=O)NCCCOc1ccccc1C. The number of nitrogens with one attached hydrogen (secondary N) is 2. The number of urea groups is 1. The van der Waals surface area contributed by atoms with E-state index in [0.29, 0.717) is 26.3 Å². The molecule has 19 heavy (non-hydrogen) atoms. The van der Waals surface area contributed by atoms with E-state index in [1.165, 1.54) is 0 Å². The Bertz CT molecular complexity index is 383. The maximum absolute atomic E-state index is 11.3. The minimum atomic E-state index is -0.173. The van der Waals surface area contributed by atoms with Gasteiger partial charge in [-0.1, -0.05) is 18.2 Å². The minimum Gasteiger partial charge on any atom is -0.493 e. The third kappa shape index (κ3) is 6.67. The van der Waals surface area contributed by atoms with E-state index in [4.69, 9.17) is 9.47 Å². The predicted octanol–water partition coefficient (Wildman–Crippen LogP) is 1.71. The zero-order valence-corrected chi connectivity index (χ0v) is 11.6. The molecular formula is C14H22N2O3. The first kappa shape index (κ1) is 15.3. The summed E-state index contributed by atoms with van der Waals surface area (Å²) in [6, 6.07) is 7.71. The van der Waals surface area contributed by atoms with Crippen LogP contribution >= 0.6 is 0 Å². The largest absolute Gasteiger partial charge is 0.493 e. The molecule has 2 N–H and O–H groups in total. The Morgan fingerprint density at radius 2 is 1.89 bits per heavy atom. The van der Waals surface area contributed by atoms with E-state index >= 15 is 0 Å². The van der Waals surface area contributed by atoms with Crippen molar-refractivity contribution < 1.29 is 14.3 Å². The van der Waals surface area contributed by atoms with Crippen LogP contribution in [0.15, 0.2) is 24.3 Å². The second-order valence-corrected chi connectivity index (χ2v) is 4.14. The summed E-state index contributed by atoms with van der Waals surface area (Å²) < 4.78 is 10.5.